The van der Waals surface area contributed by atoms with Crippen molar-refractivity contribution in [1.82, 2.24) is 9.97 Å². The number of H-pyrrole nitrogens is 1. The number of fused-ring (bicyclic) bond motifs is 1. The standard InChI is InChI=1S/C17H15ClN2O3S2/c1-3-23-17(22)14-9(2)13-15(21)19-12(20-16(13)25-14)8-24-11-6-4-10(18)5-7-11/h4-7H,3,8H2,1-2H3,(H,19,20,21). The maximum atomic E-state index is 12.4. The van der Waals surface area contributed by atoms with Gasteiger partial charge in [0.05, 0.1) is 17.7 Å². The molecule has 0 amide bonds. The Kier molecular flexibility index (Phi) is 5.46. The maximum Gasteiger partial charge on any atom is 0.348 e. The number of rotatable bonds is 5. The number of hydrogen-bond donors (Lipinski definition) is 1. The molecule has 0 radical (unpaired) electrons. The van der Waals surface area contributed by atoms with Gasteiger partial charge in [0.2, 0.25) is 0 Å². The summed E-state index contributed by atoms with van der Waals surface area (Å²) in [6.07, 6.45) is 0. The van der Waals surface area contributed by atoms with Crippen LogP contribution in [0.25, 0.3) is 10.2 Å². The summed E-state index contributed by atoms with van der Waals surface area (Å²) in [5.74, 6) is 0.659. The summed E-state index contributed by atoms with van der Waals surface area (Å²) in [5.41, 5.74) is 0.380. The molecular formula is C17H15ClN2O3S2. The van der Waals surface area contributed by atoms with Gasteiger partial charge in [-0.1, -0.05) is 11.6 Å². The van der Waals surface area contributed by atoms with E-state index in [1.165, 1.54) is 11.3 Å². The van der Waals surface area contributed by atoms with Gasteiger partial charge in [0.15, 0.2) is 0 Å². The number of esters is 1. The zero-order chi connectivity index (χ0) is 18.0. The van der Waals surface area contributed by atoms with Gasteiger partial charge in [-0.3, -0.25) is 4.79 Å². The Bertz CT molecular complexity index is 980. The van der Waals surface area contributed by atoms with E-state index in [2.05, 4.69) is 9.97 Å². The molecule has 0 spiro atoms. The third-order valence-corrected chi connectivity index (χ3v) is 5.94. The Morgan fingerprint density at radius 2 is 2.08 bits per heavy atom. The van der Waals surface area contributed by atoms with E-state index in [9.17, 15) is 9.59 Å². The van der Waals surface area contributed by atoms with E-state index in [0.29, 0.717) is 43.9 Å². The first-order valence-electron chi connectivity index (χ1n) is 7.57. The number of hydrogen-bond acceptors (Lipinski definition) is 6. The molecule has 25 heavy (non-hydrogen) atoms. The zero-order valence-corrected chi connectivity index (χ0v) is 16.0. The number of carbonyl (C=O) groups is 1. The summed E-state index contributed by atoms with van der Waals surface area (Å²) in [7, 11) is 0. The van der Waals surface area contributed by atoms with Crippen LogP contribution in [0.2, 0.25) is 5.02 Å². The Hall–Kier alpha value is -1.83. The molecule has 0 aliphatic rings. The summed E-state index contributed by atoms with van der Waals surface area (Å²) in [4.78, 5) is 33.7. The highest BCUT2D eigenvalue weighted by Gasteiger charge is 2.20. The number of aryl methyl sites for hydroxylation is 1. The molecule has 1 aromatic carbocycles. The molecule has 1 N–H and O–H groups in total. The summed E-state index contributed by atoms with van der Waals surface area (Å²) in [5, 5.41) is 1.13. The number of thiophene rings is 1. The second kappa shape index (κ2) is 7.59. The first kappa shape index (κ1) is 18.0. The van der Waals surface area contributed by atoms with Gasteiger partial charge in [-0.15, -0.1) is 23.1 Å². The second-order valence-corrected chi connectivity index (χ2v) is 7.70. The minimum absolute atomic E-state index is 0.235. The van der Waals surface area contributed by atoms with Crippen LogP contribution in [0.1, 0.15) is 28.0 Å². The van der Waals surface area contributed by atoms with Crippen molar-refractivity contribution in [3.05, 3.63) is 55.9 Å². The third-order valence-electron chi connectivity index (χ3n) is 3.50. The van der Waals surface area contributed by atoms with Crippen LogP contribution in [-0.4, -0.2) is 22.5 Å². The van der Waals surface area contributed by atoms with Gasteiger partial charge in [-0.2, -0.15) is 0 Å². The monoisotopic (exact) mass is 394 g/mol. The van der Waals surface area contributed by atoms with Crippen LogP contribution in [0.3, 0.4) is 0 Å². The lowest BCUT2D eigenvalue weighted by Crippen LogP contribution is -2.11. The number of aromatic amines is 1. The van der Waals surface area contributed by atoms with E-state index in [0.717, 1.165) is 4.90 Å². The molecular weight excluding hydrogens is 380 g/mol. The number of halogens is 1. The number of thioether (sulfide) groups is 1. The lowest BCUT2D eigenvalue weighted by atomic mass is 10.2. The molecule has 0 saturated carbocycles. The first-order valence-corrected chi connectivity index (χ1v) is 9.75. The van der Waals surface area contributed by atoms with Crippen molar-refractivity contribution in [2.45, 2.75) is 24.5 Å². The van der Waals surface area contributed by atoms with Crippen molar-refractivity contribution in [1.29, 1.82) is 0 Å². The minimum Gasteiger partial charge on any atom is -0.462 e. The smallest absolute Gasteiger partial charge is 0.348 e. The molecule has 3 aromatic rings. The average Bonchev–Trinajstić information content (AvgIpc) is 2.92. The van der Waals surface area contributed by atoms with Crippen LogP contribution in [0.4, 0.5) is 0 Å². The minimum atomic E-state index is -0.417. The van der Waals surface area contributed by atoms with Crippen molar-refractivity contribution in [2.24, 2.45) is 0 Å². The van der Waals surface area contributed by atoms with Gasteiger partial charge in [0.25, 0.3) is 5.56 Å². The summed E-state index contributed by atoms with van der Waals surface area (Å²) < 4.78 is 5.04. The molecule has 0 fully saturated rings. The van der Waals surface area contributed by atoms with Crippen LogP contribution in [-0.2, 0) is 10.5 Å². The molecule has 0 atom stereocenters. The second-order valence-electron chi connectivity index (χ2n) is 5.21. The first-order chi connectivity index (χ1) is 12.0. The van der Waals surface area contributed by atoms with E-state index in [1.807, 2.05) is 24.3 Å². The normalized spacial score (nSPS) is 11.0. The van der Waals surface area contributed by atoms with E-state index < -0.39 is 5.97 Å². The topological polar surface area (TPSA) is 72.0 Å². The van der Waals surface area contributed by atoms with Crippen LogP contribution < -0.4 is 5.56 Å². The number of ether oxygens (including phenoxy) is 1. The predicted molar refractivity (Wildman–Crippen MR) is 102 cm³/mol. The highest BCUT2D eigenvalue weighted by atomic mass is 35.5. The predicted octanol–water partition coefficient (Wildman–Crippen LogP) is 4.42. The van der Waals surface area contributed by atoms with Crippen LogP contribution in [0.15, 0.2) is 34.0 Å². The summed E-state index contributed by atoms with van der Waals surface area (Å²) in [6.45, 7) is 3.78. The van der Waals surface area contributed by atoms with E-state index in [4.69, 9.17) is 16.3 Å². The fourth-order valence-corrected chi connectivity index (χ4v) is 4.32. The van der Waals surface area contributed by atoms with E-state index in [-0.39, 0.29) is 5.56 Å². The molecule has 5 nitrogen and oxygen atoms in total. The molecule has 3 rings (SSSR count). The summed E-state index contributed by atoms with van der Waals surface area (Å²) >= 11 is 8.61. The molecule has 0 aliphatic carbocycles. The molecule has 130 valence electrons. The van der Waals surface area contributed by atoms with Crippen molar-refractivity contribution in [2.75, 3.05) is 6.61 Å². The fourth-order valence-electron chi connectivity index (χ4n) is 2.33. The Morgan fingerprint density at radius 3 is 2.76 bits per heavy atom. The van der Waals surface area contributed by atoms with Crippen molar-refractivity contribution in [3.8, 4) is 0 Å². The number of benzene rings is 1. The molecule has 0 aliphatic heterocycles. The highest BCUT2D eigenvalue weighted by Crippen LogP contribution is 2.29. The Morgan fingerprint density at radius 1 is 1.36 bits per heavy atom. The quantitative estimate of drug-likeness (QED) is 0.512. The number of carbonyl (C=O) groups excluding carboxylic acids is 1. The maximum absolute atomic E-state index is 12.4. The lowest BCUT2D eigenvalue weighted by molar-refractivity contribution is 0.0531. The van der Waals surface area contributed by atoms with Crippen LogP contribution in [0.5, 0.6) is 0 Å². The third kappa shape index (κ3) is 3.89. The molecule has 8 heteroatoms. The van der Waals surface area contributed by atoms with Gasteiger partial charge in [0, 0.05) is 9.92 Å². The molecule has 0 bridgehead atoms. The van der Waals surface area contributed by atoms with Gasteiger partial charge in [0.1, 0.15) is 15.5 Å². The highest BCUT2D eigenvalue weighted by molar-refractivity contribution is 7.98. The zero-order valence-electron chi connectivity index (χ0n) is 13.6. The molecule has 2 aromatic heterocycles. The van der Waals surface area contributed by atoms with Crippen molar-refractivity contribution < 1.29 is 9.53 Å². The number of aromatic nitrogens is 2. The van der Waals surface area contributed by atoms with Gasteiger partial charge < -0.3 is 9.72 Å². The number of nitrogens with one attached hydrogen (secondary N) is 1. The largest absolute Gasteiger partial charge is 0.462 e. The van der Waals surface area contributed by atoms with E-state index in [1.54, 1.807) is 25.6 Å². The Balaban J connectivity index is 1.89. The van der Waals surface area contributed by atoms with Crippen LogP contribution >= 0.6 is 34.7 Å². The van der Waals surface area contributed by atoms with Crippen molar-refractivity contribution >= 4 is 50.9 Å². The Labute approximate surface area is 157 Å². The van der Waals surface area contributed by atoms with Gasteiger partial charge in [-0.25, -0.2) is 9.78 Å². The molecule has 0 saturated heterocycles. The van der Waals surface area contributed by atoms with E-state index >= 15 is 0 Å². The average molecular weight is 395 g/mol. The molecule has 0 unspecified atom stereocenters. The molecule has 2 heterocycles. The van der Waals surface area contributed by atoms with Crippen molar-refractivity contribution in [3.63, 3.8) is 0 Å². The lowest BCUT2D eigenvalue weighted by Gasteiger charge is -2.02. The number of nitrogens with zero attached hydrogens (tertiary/aromatic N) is 1. The van der Waals surface area contributed by atoms with Gasteiger partial charge in [-0.05, 0) is 43.7 Å². The SMILES string of the molecule is CCOC(=O)c1sc2nc(CSc3ccc(Cl)cc3)[nH]c(=O)c2c1C. The fraction of sp³-hybridized carbons (Fsp3) is 0.235. The van der Waals surface area contributed by atoms with Gasteiger partial charge >= 0.3 is 5.97 Å². The van der Waals surface area contributed by atoms with Crippen LogP contribution in [0, 0.1) is 6.92 Å². The summed E-state index contributed by atoms with van der Waals surface area (Å²) in [6, 6.07) is 7.46.